The molecule has 3 heterocycles. The molecule has 14 atom stereocenters. The second-order valence-electron chi connectivity index (χ2n) is 19.3. The Balaban J connectivity index is 1.67. The molecule has 63 heavy (non-hydrogen) atoms. The number of methoxy groups -OCH3 is 2. The molecule has 3 fully saturated rings. The van der Waals surface area contributed by atoms with Crippen LogP contribution in [0.4, 0.5) is 0 Å². The number of rotatable bonds is 5. The van der Waals surface area contributed by atoms with Gasteiger partial charge in [-0.2, -0.15) is 0 Å². The predicted octanol–water partition coefficient (Wildman–Crippen LogP) is 6.56. The van der Waals surface area contributed by atoms with Crippen molar-refractivity contribution in [2.24, 2.45) is 35.5 Å². The summed E-state index contributed by atoms with van der Waals surface area (Å²) in [6.45, 7) is 12.9. The van der Waals surface area contributed by atoms with Crippen molar-refractivity contribution in [1.29, 1.82) is 0 Å². The first kappa shape index (κ1) is 52.3. The van der Waals surface area contributed by atoms with Crippen LogP contribution in [0.5, 0.6) is 0 Å². The predicted molar refractivity (Wildman–Crippen MR) is 239 cm³/mol. The molecular formula is C50H77NO12. The highest BCUT2D eigenvalue weighted by Gasteiger charge is 2.53. The molecule has 0 aromatic carbocycles. The van der Waals surface area contributed by atoms with Crippen LogP contribution in [0.2, 0.25) is 0 Å². The van der Waals surface area contributed by atoms with E-state index in [0.717, 1.165) is 12.0 Å². The van der Waals surface area contributed by atoms with Crippen LogP contribution in [-0.4, -0.2) is 119 Å². The number of allylic oxidation sites excluding steroid dienone is 6. The summed E-state index contributed by atoms with van der Waals surface area (Å²) in [5, 5.41) is 33.5. The van der Waals surface area contributed by atoms with Gasteiger partial charge in [-0.05, 0) is 107 Å². The Morgan fingerprint density at radius 2 is 1.57 bits per heavy atom. The highest BCUT2D eigenvalue weighted by Crippen LogP contribution is 2.37. The zero-order chi connectivity index (χ0) is 46.6. The van der Waals surface area contributed by atoms with Crippen molar-refractivity contribution in [3.8, 4) is 0 Å². The molecular weight excluding hydrogens is 807 g/mol. The minimum atomic E-state index is -2.42. The number of hydrogen-bond donors (Lipinski definition) is 3. The Hall–Kier alpha value is -3.33. The number of ketones is 3. The van der Waals surface area contributed by atoms with Gasteiger partial charge in [-0.3, -0.25) is 19.2 Å². The molecule has 1 aliphatic carbocycles. The van der Waals surface area contributed by atoms with E-state index >= 15 is 0 Å². The normalized spacial score (nSPS) is 40.1. The first-order valence-electron chi connectivity index (χ1n) is 23.4. The van der Waals surface area contributed by atoms with Gasteiger partial charge in [0.25, 0.3) is 11.7 Å². The van der Waals surface area contributed by atoms with Crippen LogP contribution in [0.3, 0.4) is 0 Å². The lowest BCUT2D eigenvalue weighted by atomic mass is 9.78. The highest BCUT2D eigenvalue weighted by molar-refractivity contribution is 6.39. The number of carbonyl (C=O) groups is 5. The number of cyclic esters (lactones) is 1. The lowest BCUT2D eigenvalue weighted by Crippen LogP contribution is -2.61. The lowest BCUT2D eigenvalue weighted by Gasteiger charge is -2.42. The van der Waals surface area contributed by atoms with Gasteiger partial charge in [0.15, 0.2) is 0 Å². The number of piperidine rings is 1. The van der Waals surface area contributed by atoms with E-state index < -0.39 is 71.8 Å². The maximum atomic E-state index is 14.3. The average Bonchev–Trinajstić information content (AvgIpc) is 3.25. The van der Waals surface area contributed by atoms with Crippen molar-refractivity contribution in [1.82, 2.24) is 4.90 Å². The SMILES string of the molecule is CO[C@H]1C[C@@H]2CC[C@@H](C)[C@@](O)(O2)C(=O)C(=O)N2CCCC[C@H]2C(=O)O[C@H]([C@H](C)C[C@@H]2CC[C@@H](O)[C@H](OC)C2)CC(=O)[C@H](C)/C=C(/C)[C@@H](O)CC(=O)[C@H](C)C[C@H](C)\C=C/C=C/C=C/1C. The molecule has 0 aromatic heterocycles. The Kier molecular flexibility index (Phi) is 20.1. The number of hydrogen-bond acceptors (Lipinski definition) is 12. The van der Waals surface area contributed by atoms with E-state index in [4.69, 9.17) is 18.9 Å². The first-order valence-corrected chi connectivity index (χ1v) is 23.4. The van der Waals surface area contributed by atoms with Crippen molar-refractivity contribution in [2.45, 2.75) is 180 Å². The first-order chi connectivity index (χ1) is 29.8. The molecule has 3 aliphatic heterocycles. The maximum Gasteiger partial charge on any atom is 0.329 e. The summed E-state index contributed by atoms with van der Waals surface area (Å²) in [4.78, 5) is 71.1. The van der Waals surface area contributed by atoms with Crippen LogP contribution in [0.15, 0.2) is 47.6 Å². The van der Waals surface area contributed by atoms with Crippen molar-refractivity contribution in [3.05, 3.63) is 47.6 Å². The summed E-state index contributed by atoms with van der Waals surface area (Å²) in [6, 6.07) is -1.12. The maximum absolute atomic E-state index is 14.3. The fraction of sp³-hybridized carbons (Fsp3) is 0.740. The minimum Gasteiger partial charge on any atom is -0.460 e. The second-order valence-corrected chi connectivity index (χ2v) is 19.3. The van der Waals surface area contributed by atoms with Gasteiger partial charge in [-0.1, -0.05) is 71.1 Å². The van der Waals surface area contributed by atoms with Crippen LogP contribution in [-0.2, 0) is 42.9 Å². The molecule has 13 nitrogen and oxygen atoms in total. The summed E-state index contributed by atoms with van der Waals surface area (Å²) >= 11 is 0. The number of nitrogens with zero attached hydrogens (tertiary/aromatic N) is 1. The summed E-state index contributed by atoms with van der Waals surface area (Å²) in [5.41, 5.74) is 1.39. The van der Waals surface area contributed by atoms with E-state index in [1.165, 1.54) is 4.90 Å². The van der Waals surface area contributed by atoms with Crippen molar-refractivity contribution in [3.63, 3.8) is 0 Å². The molecule has 2 saturated heterocycles. The fourth-order valence-electron chi connectivity index (χ4n) is 9.78. The standard InChI is InChI=1S/C50H77NO12/c1-30-15-11-10-12-16-31(2)44(60-8)27-38-20-18-36(7)50(59,63-38)47(56)48(57)51-22-14-13-17-39(51)49(58)62-45(35(6)25-37-19-21-40(52)46(26-37)61-9)29-43(55)34(5)24-33(4)42(54)28-41(53)32(3)23-30/h10-12,15-16,24,30,32,34-40,42,44-46,52,54,59H,13-14,17-23,25-29H2,1-9H3/b12-10+,15-11-,31-16+,33-24-/t30-,32-,34-,35-,36-,37+,38+,39+,40-,42+,44+,45+,46-,50-/m1/s1. The second kappa shape index (κ2) is 24.3. The number of carbonyl (C=O) groups excluding carboxylic acids is 5. The number of ether oxygens (including phenoxy) is 4. The van der Waals surface area contributed by atoms with E-state index in [1.54, 1.807) is 41.1 Å². The molecule has 2 bridgehead atoms. The lowest BCUT2D eigenvalue weighted by molar-refractivity contribution is -0.265. The van der Waals surface area contributed by atoms with Crippen molar-refractivity contribution >= 4 is 29.2 Å². The number of Topliss-reactive ketones (excluding diaryl/α,β-unsaturated/α-hetero) is 3. The molecule has 4 rings (SSSR count). The summed E-state index contributed by atoms with van der Waals surface area (Å²) in [6.07, 6.45) is 13.0. The topological polar surface area (TPSA) is 186 Å². The molecule has 0 radical (unpaired) electrons. The number of aliphatic hydroxyl groups is 3. The van der Waals surface area contributed by atoms with Gasteiger partial charge in [0.1, 0.15) is 23.7 Å². The van der Waals surface area contributed by atoms with Crippen LogP contribution < -0.4 is 0 Å². The van der Waals surface area contributed by atoms with E-state index in [1.807, 2.05) is 58.1 Å². The quantitative estimate of drug-likeness (QED) is 0.154. The van der Waals surface area contributed by atoms with Gasteiger partial charge >= 0.3 is 5.97 Å². The van der Waals surface area contributed by atoms with Crippen molar-refractivity contribution < 1.29 is 58.2 Å². The molecule has 0 spiro atoms. The monoisotopic (exact) mass is 884 g/mol. The third-order valence-electron chi connectivity index (χ3n) is 14.2. The molecule has 1 saturated carbocycles. The Morgan fingerprint density at radius 1 is 0.841 bits per heavy atom. The zero-order valence-electron chi connectivity index (χ0n) is 39.3. The van der Waals surface area contributed by atoms with Gasteiger partial charge < -0.3 is 39.2 Å². The van der Waals surface area contributed by atoms with E-state index in [-0.39, 0.29) is 67.1 Å². The third-order valence-corrected chi connectivity index (χ3v) is 14.2. The smallest absolute Gasteiger partial charge is 0.329 e. The van der Waals surface area contributed by atoms with E-state index in [9.17, 15) is 39.3 Å². The third kappa shape index (κ3) is 14.3. The number of amides is 1. The molecule has 4 aliphatic rings. The molecule has 3 N–H and O–H groups in total. The van der Waals surface area contributed by atoms with Crippen molar-refractivity contribution in [2.75, 3.05) is 20.8 Å². The minimum absolute atomic E-state index is 0.0725. The van der Waals surface area contributed by atoms with Gasteiger partial charge in [0, 0.05) is 57.8 Å². The molecule has 0 unspecified atom stereocenters. The molecule has 0 aromatic rings. The Labute approximate surface area is 375 Å². The number of fused-ring (bicyclic) bond motifs is 3. The summed E-state index contributed by atoms with van der Waals surface area (Å²) < 4.78 is 23.8. The van der Waals surface area contributed by atoms with Gasteiger partial charge in [0.2, 0.25) is 5.79 Å². The molecule has 13 heteroatoms. The van der Waals surface area contributed by atoms with Crippen LogP contribution in [0, 0.1) is 35.5 Å². The fourth-order valence-corrected chi connectivity index (χ4v) is 9.78. The van der Waals surface area contributed by atoms with E-state index in [0.29, 0.717) is 63.4 Å². The largest absolute Gasteiger partial charge is 0.460 e. The van der Waals surface area contributed by atoms with Crippen LogP contribution in [0.25, 0.3) is 0 Å². The van der Waals surface area contributed by atoms with E-state index in [2.05, 4.69) is 0 Å². The molecule has 1 amide bonds. The highest BCUT2D eigenvalue weighted by atomic mass is 16.6. The average molecular weight is 884 g/mol. The van der Waals surface area contributed by atoms with Crippen LogP contribution >= 0.6 is 0 Å². The van der Waals surface area contributed by atoms with Crippen LogP contribution in [0.1, 0.15) is 132 Å². The Morgan fingerprint density at radius 3 is 2.27 bits per heavy atom. The van der Waals surface area contributed by atoms with Gasteiger partial charge in [0.05, 0.1) is 30.5 Å². The summed E-state index contributed by atoms with van der Waals surface area (Å²) in [5.74, 6) is -7.36. The van der Waals surface area contributed by atoms with Gasteiger partial charge in [-0.25, -0.2) is 4.79 Å². The Bertz CT molecular complexity index is 1700. The summed E-state index contributed by atoms with van der Waals surface area (Å²) in [7, 11) is 3.15. The zero-order valence-corrected chi connectivity index (χ0v) is 39.3. The van der Waals surface area contributed by atoms with Gasteiger partial charge in [-0.15, -0.1) is 0 Å². The molecule has 354 valence electrons. The number of aliphatic hydroxyl groups excluding tert-OH is 2. The number of esters is 1.